The lowest BCUT2D eigenvalue weighted by atomic mass is 9.78. The molecule has 0 radical (unpaired) electrons. The monoisotopic (exact) mass is 343 g/mol. The van der Waals surface area contributed by atoms with Crippen LogP contribution in [0.15, 0.2) is 60.7 Å². The topological polar surface area (TPSA) is 46.6 Å². The van der Waals surface area contributed by atoms with Gasteiger partial charge in [-0.25, -0.2) is 4.79 Å². The third-order valence-electron chi connectivity index (χ3n) is 4.52. The highest BCUT2D eigenvalue weighted by Gasteiger charge is 2.66. The number of esters is 1. The van der Waals surface area contributed by atoms with Crippen LogP contribution >= 0.6 is 11.6 Å². The second-order valence-corrected chi connectivity index (χ2v) is 6.40. The summed E-state index contributed by atoms with van der Waals surface area (Å²) < 4.78 is 4.92. The van der Waals surface area contributed by atoms with Gasteiger partial charge in [0.25, 0.3) is 5.91 Å². The van der Waals surface area contributed by atoms with Crippen molar-refractivity contribution in [1.29, 1.82) is 0 Å². The molecule has 2 aromatic carbocycles. The first-order valence-corrected chi connectivity index (χ1v) is 8.09. The molecule has 0 bridgehead atoms. The highest BCUT2D eigenvalue weighted by molar-refractivity contribution is 6.39. The lowest BCUT2D eigenvalue weighted by Gasteiger charge is -2.53. The molecule has 1 heterocycles. The van der Waals surface area contributed by atoms with Gasteiger partial charge in [0.05, 0.1) is 13.2 Å². The smallest absolute Gasteiger partial charge is 0.331 e. The maximum Gasteiger partial charge on any atom is 0.331 e. The second kappa shape index (κ2) is 6.29. The van der Waals surface area contributed by atoms with Gasteiger partial charge in [0.1, 0.15) is 0 Å². The summed E-state index contributed by atoms with van der Waals surface area (Å²) in [6, 6.07) is 17.3. The van der Waals surface area contributed by atoms with E-state index < -0.39 is 16.9 Å². The quantitative estimate of drug-likeness (QED) is 0.486. The lowest BCUT2D eigenvalue weighted by Crippen LogP contribution is -2.72. The van der Waals surface area contributed by atoms with E-state index in [1.807, 2.05) is 43.3 Å². The average Bonchev–Trinajstić information content (AvgIpc) is 2.65. The van der Waals surface area contributed by atoms with E-state index in [0.29, 0.717) is 5.56 Å². The fraction of sp³-hybridized carbons (Fsp3) is 0.263. The van der Waals surface area contributed by atoms with Crippen molar-refractivity contribution in [2.75, 3.05) is 7.11 Å². The van der Waals surface area contributed by atoms with E-state index in [-0.39, 0.29) is 11.9 Å². The van der Waals surface area contributed by atoms with Crippen LogP contribution < -0.4 is 0 Å². The summed E-state index contributed by atoms with van der Waals surface area (Å²) in [6.45, 7) is 1.88. The maximum absolute atomic E-state index is 12.9. The Hall–Kier alpha value is -2.33. The number of nitrogens with zero attached hydrogens (tertiary/aromatic N) is 1. The SMILES string of the molecule is COC(=O)[C@H]1N(C(C)c2ccccc2)C(=O)[C@@]1(Cl)c1ccccc1. The van der Waals surface area contributed by atoms with Crippen LogP contribution in [0.4, 0.5) is 0 Å². The third-order valence-corrected chi connectivity index (χ3v) is 5.10. The molecule has 1 unspecified atom stereocenters. The zero-order valence-corrected chi connectivity index (χ0v) is 14.2. The number of hydrogen-bond acceptors (Lipinski definition) is 3. The summed E-state index contributed by atoms with van der Waals surface area (Å²) in [5, 5.41) is 0. The summed E-state index contributed by atoms with van der Waals surface area (Å²) in [5.41, 5.74) is 1.54. The molecule has 5 heteroatoms. The number of ether oxygens (including phenoxy) is 1. The normalized spacial score (nSPS) is 24.2. The van der Waals surface area contributed by atoms with Gasteiger partial charge in [-0.1, -0.05) is 60.7 Å². The highest BCUT2D eigenvalue weighted by Crippen LogP contribution is 2.49. The number of halogens is 1. The molecule has 4 nitrogen and oxygen atoms in total. The molecule has 1 aliphatic rings. The highest BCUT2D eigenvalue weighted by atomic mass is 35.5. The van der Waals surface area contributed by atoms with Crippen LogP contribution in [0.25, 0.3) is 0 Å². The zero-order chi connectivity index (χ0) is 17.3. The molecule has 0 spiro atoms. The number of carbonyl (C=O) groups is 2. The van der Waals surface area contributed by atoms with E-state index in [4.69, 9.17) is 16.3 Å². The van der Waals surface area contributed by atoms with E-state index in [2.05, 4.69) is 0 Å². The fourth-order valence-electron chi connectivity index (χ4n) is 3.19. The Balaban J connectivity index is 2.00. The molecule has 1 aliphatic heterocycles. The van der Waals surface area contributed by atoms with Gasteiger partial charge < -0.3 is 9.64 Å². The van der Waals surface area contributed by atoms with Crippen molar-refractivity contribution in [2.24, 2.45) is 0 Å². The number of amides is 1. The van der Waals surface area contributed by atoms with Crippen molar-refractivity contribution in [2.45, 2.75) is 23.9 Å². The molecule has 0 aliphatic carbocycles. The van der Waals surface area contributed by atoms with Crippen LogP contribution in [0.2, 0.25) is 0 Å². The van der Waals surface area contributed by atoms with Crippen molar-refractivity contribution in [3.05, 3.63) is 71.8 Å². The van der Waals surface area contributed by atoms with Gasteiger partial charge in [-0.3, -0.25) is 4.79 Å². The molecular formula is C19H18ClNO3. The zero-order valence-electron chi connectivity index (χ0n) is 13.5. The fourth-order valence-corrected chi connectivity index (χ4v) is 3.61. The van der Waals surface area contributed by atoms with E-state index >= 15 is 0 Å². The molecule has 124 valence electrons. The second-order valence-electron chi connectivity index (χ2n) is 5.80. The van der Waals surface area contributed by atoms with E-state index in [1.165, 1.54) is 12.0 Å². The minimum Gasteiger partial charge on any atom is -0.467 e. The van der Waals surface area contributed by atoms with Gasteiger partial charge in [-0.2, -0.15) is 0 Å². The Morgan fingerprint density at radius 1 is 1.12 bits per heavy atom. The minimum absolute atomic E-state index is 0.279. The Morgan fingerprint density at radius 3 is 2.21 bits per heavy atom. The van der Waals surface area contributed by atoms with Crippen LogP contribution in [0, 0.1) is 0 Å². The van der Waals surface area contributed by atoms with Crippen LogP contribution in [0.1, 0.15) is 24.1 Å². The molecule has 1 amide bonds. The minimum atomic E-state index is -1.42. The van der Waals surface area contributed by atoms with Crippen LogP contribution in [-0.2, 0) is 19.2 Å². The lowest BCUT2D eigenvalue weighted by molar-refractivity contribution is -0.174. The predicted octanol–water partition coefficient (Wildman–Crippen LogP) is 3.27. The number of likely N-dealkylation sites (tertiary alicyclic amines) is 1. The molecule has 3 atom stereocenters. The van der Waals surface area contributed by atoms with Gasteiger partial charge in [0, 0.05) is 0 Å². The Kier molecular flexibility index (Phi) is 4.33. The number of benzene rings is 2. The van der Waals surface area contributed by atoms with E-state index in [0.717, 1.165) is 5.56 Å². The number of carbonyl (C=O) groups excluding carboxylic acids is 2. The summed E-state index contributed by atoms with van der Waals surface area (Å²) in [7, 11) is 1.30. The third kappa shape index (κ3) is 2.38. The first-order valence-electron chi connectivity index (χ1n) is 7.71. The average molecular weight is 344 g/mol. The summed E-state index contributed by atoms with van der Waals surface area (Å²) >= 11 is 6.66. The summed E-state index contributed by atoms with van der Waals surface area (Å²) in [6.07, 6.45) is 0. The Morgan fingerprint density at radius 2 is 1.67 bits per heavy atom. The molecule has 2 aromatic rings. The van der Waals surface area contributed by atoms with Gasteiger partial charge in [-0.05, 0) is 18.1 Å². The number of methoxy groups -OCH3 is 1. The number of hydrogen-bond donors (Lipinski definition) is 0. The number of rotatable bonds is 4. The Labute approximate surface area is 146 Å². The summed E-state index contributed by atoms with van der Waals surface area (Å²) in [5.74, 6) is -0.807. The number of alkyl halides is 1. The Bertz CT molecular complexity index is 750. The van der Waals surface area contributed by atoms with Gasteiger partial charge in [0.2, 0.25) is 0 Å². The van der Waals surface area contributed by atoms with Crippen LogP contribution in [-0.4, -0.2) is 29.9 Å². The molecule has 0 saturated carbocycles. The van der Waals surface area contributed by atoms with E-state index in [9.17, 15) is 9.59 Å². The standard InChI is InChI=1S/C19H18ClNO3/c1-13(14-9-5-3-6-10-14)21-16(17(22)24-2)19(20,18(21)23)15-11-7-4-8-12-15/h3-13,16H,1-2H3/t13?,16-,19-/m1/s1. The van der Waals surface area contributed by atoms with Crippen molar-refractivity contribution < 1.29 is 14.3 Å². The number of β-lactam (4-membered cyclic amide) rings is 1. The van der Waals surface area contributed by atoms with Crippen molar-refractivity contribution in [3.8, 4) is 0 Å². The van der Waals surface area contributed by atoms with Crippen LogP contribution in [0.3, 0.4) is 0 Å². The van der Waals surface area contributed by atoms with Gasteiger partial charge in [-0.15, -0.1) is 11.6 Å². The molecule has 24 heavy (non-hydrogen) atoms. The van der Waals surface area contributed by atoms with E-state index in [1.54, 1.807) is 24.3 Å². The molecule has 1 saturated heterocycles. The van der Waals surface area contributed by atoms with Crippen molar-refractivity contribution in [3.63, 3.8) is 0 Å². The molecule has 0 aromatic heterocycles. The first-order chi connectivity index (χ1) is 11.5. The van der Waals surface area contributed by atoms with Gasteiger partial charge in [0.15, 0.2) is 10.9 Å². The summed E-state index contributed by atoms with van der Waals surface area (Å²) in [4.78, 5) is 25.4. The molecule has 3 rings (SSSR count). The predicted molar refractivity (Wildman–Crippen MR) is 91.5 cm³/mol. The van der Waals surface area contributed by atoms with Crippen molar-refractivity contribution >= 4 is 23.5 Å². The molecule has 1 fully saturated rings. The van der Waals surface area contributed by atoms with Crippen LogP contribution in [0.5, 0.6) is 0 Å². The molecule has 0 N–H and O–H groups in total. The first kappa shape index (κ1) is 16.5. The van der Waals surface area contributed by atoms with Gasteiger partial charge >= 0.3 is 5.97 Å². The van der Waals surface area contributed by atoms with Crippen molar-refractivity contribution in [1.82, 2.24) is 4.90 Å². The maximum atomic E-state index is 12.9. The molecular weight excluding hydrogens is 326 g/mol. The largest absolute Gasteiger partial charge is 0.467 e.